The van der Waals surface area contributed by atoms with Gasteiger partial charge in [0.25, 0.3) is 0 Å². The molecule has 2 heteroatoms. The van der Waals surface area contributed by atoms with E-state index in [4.69, 9.17) is 11.5 Å². The van der Waals surface area contributed by atoms with E-state index >= 15 is 0 Å². The Morgan fingerprint density at radius 1 is 0.679 bits per heavy atom. The van der Waals surface area contributed by atoms with Crippen molar-refractivity contribution in [3.63, 3.8) is 0 Å². The smallest absolute Gasteiger partial charge is 0.0578 e. The second-order valence-electron chi connectivity index (χ2n) is 8.87. The van der Waals surface area contributed by atoms with Crippen LogP contribution in [0.4, 0.5) is 5.69 Å². The van der Waals surface area contributed by atoms with Crippen molar-refractivity contribution in [3.05, 3.63) is 90.0 Å². The summed E-state index contributed by atoms with van der Waals surface area (Å²) >= 11 is 0. The Hall–Kier alpha value is -2.84. The van der Waals surface area contributed by atoms with Crippen molar-refractivity contribution >= 4 is 27.2 Å². The molecule has 0 heterocycles. The van der Waals surface area contributed by atoms with Crippen molar-refractivity contribution in [1.29, 1.82) is 0 Å². The Bertz CT molecular complexity index is 1080. The molecule has 0 saturated carbocycles. The van der Waals surface area contributed by atoms with Crippen molar-refractivity contribution in [2.24, 2.45) is 11.1 Å². The highest BCUT2D eigenvalue weighted by atomic mass is 14.7. The molecule has 0 radical (unpaired) electrons. The lowest BCUT2D eigenvalue weighted by Gasteiger charge is -2.18. The average molecular weight is 371 g/mol. The van der Waals surface area contributed by atoms with Gasteiger partial charge in [-0.25, -0.2) is 0 Å². The van der Waals surface area contributed by atoms with Crippen LogP contribution in [-0.4, -0.2) is 0 Å². The monoisotopic (exact) mass is 370 g/mol. The molecule has 0 aliphatic heterocycles. The average Bonchev–Trinajstić information content (AvgIpc) is 2.66. The molecule has 0 spiro atoms. The van der Waals surface area contributed by atoms with Crippen LogP contribution in [-0.2, 0) is 0 Å². The molecule has 0 saturated heterocycles. The van der Waals surface area contributed by atoms with Crippen LogP contribution < -0.4 is 11.5 Å². The fraction of sp³-hybridized carbons (Fsp3) is 0.231. The summed E-state index contributed by atoms with van der Waals surface area (Å²) in [6.07, 6.45) is 0. The summed E-state index contributed by atoms with van der Waals surface area (Å²) < 4.78 is 0. The Morgan fingerprint density at radius 3 is 1.89 bits per heavy atom. The topological polar surface area (TPSA) is 52.0 Å². The van der Waals surface area contributed by atoms with Gasteiger partial charge in [-0.2, -0.15) is 0 Å². The molecular formula is C26H30N2. The van der Waals surface area contributed by atoms with Gasteiger partial charge >= 0.3 is 0 Å². The predicted molar refractivity (Wildman–Crippen MR) is 123 cm³/mol. The fourth-order valence-corrected chi connectivity index (χ4v) is 3.23. The van der Waals surface area contributed by atoms with Crippen molar-refractivity contribution in [2.45, 2.75) is 33.7 Å². The van der Waals surface area contributed by atoms with E-state index < -0.39 is 0 Å². The highest BCUT2D eigenvalue weighted by Crippen LogP contribution is 2.33. The van der Waals surface area contributed by atoms with Crippen molar-refractivity contribution < 1.29 is 0 Å². The summed E-state index contributed by atoms with van der Waals surface area (Å²) in [5.41, 5.74) is 16.2. The van der Waals surface area contributed by atoms with Crippen LogP contribution >= 0.6 is 0 Å². The van der Waals surface area contributed by atoms with E-state index in [1.165, 1.54) is 10.8 Å². The molecule has 1 atom stereocenters. The van der Waals surface area contributed by atoms with Crippen LogP contribution in [0.15, 0.2) is 78.9 Å². The van der Waals surface area contributed by atoms with Crippen LogP contribution in [0.1, 0.15) is 44.9 Å². The van der Waals surface area contributed by atoms with E-state index in [-0.39, 0.29) is 6.04 Å². The number of rotatable bonds is 2. The van der Waals surface area contributed by atoms with Gasteiger partial charge in [0.1, 0.15) is 0 Å². The highest BCUT2D eigenvalue weighted by molar-refractivity contribution is 5.91. The third-order valence-electron chi connectivity index (χ3n) is 4.45. The molecule has 2 nitrogen and oxygen atoms in total. The minimum Gasteiger partial charge on any atom is -0.398 e. The number of benzene rings is 4. The lowest BCUT2D eigenvalue weighted by molar-refractivity contribution is 0.469. The Kier molecular flexibility index (Phi) is 5.71. The molecule has 4 aromatic rings. The van der Waals surface area contributed by atoms with Gasteiger partial charge in [0.2, 0.25) is 0 Å². The lowest BCUT2D eigenvalue weighted by atomic mass is 9.92. The third-order valence-corrected chi connectivity index (χ3v) is 4.45. The van der Waals surface area contributed by atoms with Crippen molar-refractivity contribution in [2.75, 3.05) is 5.73 Å². The Morgan fingerprint density at radius 2 is 1.21 bits per heavy atom. The molecule has 0 amide bonds. The zero-order valence-electron chi connectivity index (χ0n) is 17.2. The van der Waals surface area contributed by atoms with Gasteiger partial charge in [0.05, 0.1) is 6.04 Å². The molecule has 0 aliphatic rings. The maximum atomic E-state index is 6.59. The summed E-state index contributed by atoms with van der Waals surface area (Å²) in [6.45, 7) is 8.75. The molecule has 4 aromatic carbocycles. The maximum Gasteiger partial charge on any atom is 0.0578 e. The fourth-order valence-electron chi connectivity index (χ4n) is 3.23. The SMILES string of the molecule is CC(C)(C)C.Nc1ccc2ccccc2c1C(N)c1ccc2ccccc2c1. The molecule has 0 fully saturated rings. The molecule has 4 N–H and O–H groups in total. The zero-order valence-corrected chi connectivity index (χ0v) is 17.2. The standard InChI is InChI=1S/C21H18N2.C5H12/c22-19-12-11-15-6-3-4-8-18(15)20(19)21(23)17-10-9-14-5-1-2-7-16(14)13-17;1-5(2,3)4/h1-13,21H,22-23H2;1-4H3. The van der Waals surface area contributed by atoms with E-state index in [2.05, 4.69) is 70.2 Å². The summed E-state index contributed by atoms with van der Waals surface area (Å²) in [5, 5.41) is 4.69. The first-order chi connectivity index (χ1) is 13.2. The normalized spacial score (nSPS) is 12.5. The summed E-state index contributed by atoms with van der Waals surface area (Å²) in [5.74, 6) is 0. The van der Waals surface area contributed by atoms with Crippen LogP contribution in [0.5, 0.6) is 0 Å². The molecule has 0 aliphatic carbocycles. The number of hydrogen-bond acceptors (Lipinski definition) is 2. The van der Waals surface area contributed by atoms with E-state index in [1.807, 2.05) is 36.4 Å². The maximum absolute atomic E-state index is 6.59. The largest absolute Gasteiger partial charge is 0.398 e. The number of anilines is 1. The summed E-state index contributed by atoms with van der Waals surface area (Å²) in [6, 6.07) is 26.6. The number of nitrogen functional groups attached to an aromatic ring is 1. The molecule has 0 aromatic heterocycles. The number of nitrogens with two attached hydrogens (primary N) is 2. The first kappa shape index (κ1) is 19.9. The minimum atomic E-state index is -0.245. The molecular weight excluding hydrogens is 340 g/mol. The van der Waals surface area contributed by atoms with Gasteiger partial charge in [-0.15, -0.1) is 0 Å². The van der Waals surface area contributed by atoms with Gasteiger partial charge in [-0.1, -0.05) is 94.4 Å². The highest BCUT2D eigenvalue weighted by Gasteiger charge is 2.15. The zero-order chi connectivity index (χ0) is 20.3. The first-order valence-electron chi connectivity index (χ1n) is 9.75. The second kappa shape index (κ2) is 8.04. The second-order valence-corrected chi connectivity index (χ2v) is 8.87. The lowest BCUT2D eigenvalue weighted by Crippen LogP contribution is -2.14. The van der Waals surface area contributed by atoms with Gasteiger partial charge < -0.3 is 11.5 Å². The van der Waals surface area contributed by atoms with Crippen molar-refractivity contribution in [1.82, 2.24) is 0 Å². The van der Waals surface area contributed by atoms with Gasteiger partial charge in [0.15, 0.2) is 0 Å². The van der Waals surface area contributed by atoms with E-state index in [0.717, 1.165) is 27.6 Å². The Balaban J connectivity index is 0.000000403. The summed E-state index contributed by atoms with van der Waals surface area (Å²) in [4.78, 5) is 0. The third kappa shape index (κ3) is 4.71. The Labute approximate surface area is 168 Å². The van der Waals surface area contributed by atoms with E-state index in [9.17, 15) is 0 Å². The quantitative estimate of drug-likeness (QED) is 0.387. The molecule has 144 valence electrons. The van der Waals surface area contributed by atoms with E-state index in [1.54, 1.807) is 0 Å². The van der Waals surface area contributed by atoms with Crippen molar-refractivity contribution in [3.8, 4) is 0 Å². The number of hydrogen-bond donors (Lipinski definition) is 2. The summed E-state index contributed by atoms with van der Waals surface area (Å²) in [7, 11) is 0. The molecule has 4 rings (SSSR count). The predicted octanol–water partition coefficient (Wildman–Crippen LogP) is 6.68. The van der Waals surface area contributed by atoms with Crippen LogP contribution in [0.2, 0.25) is 0 Å². The molecule has 28 heavy (non-hydrogen) atoms. The van der Waals surface area contributed by atoms with Gasteiger partial charge in [-0.05, 0) is 44.7 Å². The minimum absolute atomic E-state index is 0.245. The number of fused-ring (bicyclic) bond motifs is 2. The van der Waals surface area contributed by atoms with Crippen LogP contribution in [0, 0.1) is 5.41 Å². The van der Waals surface area contributed by atoms with Crippen LogP contribution in [0.25, 0.3) is 21.5 Å². The van der Waals surface area contributed by atoms with Gasteiger partial charge in [0, 0.05) is 11.3 Å². The first-order valence-corrected chi connectivity index (χ1v) is 9.75. The van der Waals surface area contributed by atoms with Gasteiger partial charge in [-0.3, -0.25) is 0 Å². The molecule has 1 unspecified atom stereocenters. The van der Waals surface area contributed by atoms with E-state index in [0.29, 0.717) is 5.41 Å². The van der Waals surface area contributed by atoms with Crippen LogP contribution in [0.3, 0.4) is 0 Å². The molecule has 0 bridgehead atoms.